The third-order valence-electron chi connectivity index (χ3n) is 7.44. The Kier molecular flexibility index (Phi) is 9.66. The van der Waals surface area contributed by atoms with Crippen LogP contribution in [0.1, 0.15) is 36.0 Å². The number of alkyl halides is 3. The molecule has 0 aliphatic carbocycles. The Morgan fingerprint density at radius 2 is 1.71 bits per heavy atom. The van der Waals surface area contributed by atoms with Crippen molar-refractivity contribution in [2.24, 2.45) is 5.92 Å². The van der Waals surface area contributed by atoms with Gasteiger partial charge in [-0.25, -0.2) is 9.97 Å². The Hall–Kier alpha value is -2.50. The SMILES string of the molecule is C[C@@H]1[C@H](CN2CCN(c3ncccn3)CC2)O[C@H](c2cccc(NC(=O)C(Cl)(Cl)Cl)c2)O[C@@H]1c1ccc(CO)cc1. The topological polar surface area (TPSA) is 100 Å². The van der Waals surface area contributed by atoms with Crippen LogP contribution >= 0.6 is 34.8 Å². The third kappa shape index (κ3) is 7.48. The van der Waals surface area contributed by atoms with E-state index in [9.17, 15) is 9.90 Å². The molecule has 3 aromatic rings. The number of piperazine rings is 1. The van der Waals surface area contributed by atoms with Gasteiger partial charge in [0.2, 0.25) is 5.95 Å². The maximum absolute atomic E-state index is 12.2. The minimum absolute atomic E-state index is 0.0254. The molecule has 2 aliphatic heterocycles. The Labute approximate surface area is 254 Å². The van der Waals surface area contributed by atoms with Crippen LogP contribution in [0.25, 0.3) is 0 Å². The summed E-state index contributed by atoms with van der Waals surface area (Å²) in [4.78, 5) is 25.6. The molecule has 41 heavy (non-hydrogen) atoms. The van der Waals surface area contributed by atoms with Crippen molar-refractivity contribution >= 4 is 52.3 Å². The number of carbonyl (C=O) groups excluding carboxylic acids is 1. The van der Waals surface area contributed by atoms with Gasteiger partial charge >= 0.3 is 0 Å². The van der Waals surface area contributed by atoms with Gasteiger partial charge in [-0.15, -0.1) is 0 Å². The van der Waals surface area contributed by atoms with Gasteiger partial charge in [0.25, 0.3) is 9.70 Å². The van der Waals surface area contributed by atoms with Gasteiger partial charge in [0.05, 0.1) is 18.8 Å². The van der Waals surface area contributed by atoms with Crippen LogP contribution in [0, 0.1) is 5.92 Å². The number of carbonyl (C=O) groups is 1. The molecule has 2 fully saturated rings. The van der Waals surface area contributed by atoms with Gasteiger partial charge in [-0.3, -0.25) is 9.69 Å². The monoisotopic (exact) mass is 619 g/mol. The summed E-state index contributed by atoms with van der Waals surface area (Å²) < 4.78 is 11.1. The van der Waals surface area contributed by atoms with Crippen molar-refractivity contribution in [3.05, 3.63) is 83.7 Å². The predicted molar refractivity (Wildman–Crippen MR) is 159 cm³/mol. The minimum atomic E-state index is -2.09. The molecule has 12 heteroatoms. The van der Waals surface area contributed by atoms with E-state index in [1.165, 1.54) is 0 Å². The zero-order valence-electron chi connectivity index (χ0n) is 22.5. The predicted octanol–water partition coefficient (Wildman–Crippen LogP) is 4.89. The number of hydrogen-bond donors (Lipinski definition) is 2. The van der Waals surface area contributed by atoms with E-state index in [0.717, 1.165) is 55.4 Å². The van der Waals surface area contributed by atoms with Crippen LogP contribution in [0.15, 0.2) is 67.0 Å². The fourth-order valence-corrected chi connectivity index (χ4v) is 5.27. The number of aliphatic hydroxyl groups is 1. The Balaban J connectivity index is 1.34. The molecule has 218 valence electrons. The number of aliphatic hydroxyl groups excluding tert-OH is 1. The van der Waals surface area contributed by atoms with Crippen LogP contribution in [-0.4, -0.2) is 68.5 Å². The highest BCUT2D eigenvalue weighted by Gasteiger charge is 2.40. The smallest absolute Gasteiger partial charge is 0.276 e. The standard InChI is InChI=1S/C29H32Cl3N5O4/c1-19-24(17-36-12-14-37(15-13-36)28-33-10-3-11-34-28)40-26(41-25(19)21-8-6-20(18-38)7-9-21)22-4-2-5-23(16-22)35-27(39)29(30,31)32/h2-11,16,19,24-26,38H,12-15,17-18H2,1H3,(H,35,39)/t19-,24+,25+,26+/m1/s1. The molecule has 2 aromatic carbocycles. The lowest BCUT2D eigenvalue weighted by atomic mass is 9.90. The summed E-state index contributed by atoms with van der Waals surface area (Å²) in [6.07, 6.45) is 2.43. The quantitative estimate of drug-likeness (QED) is 0.360. The number of anilines is 2. The summed E-state index contributed by atoms with van der Waals surface area (Å²) in [5.74, 6) is 0.0310. The Morgan fingerprint density at radius 1 is 1.00 bits per heavy atom. The molecule has 2 aliphatic rings. The van der Waals surface area contributed by atoms with Crippen molar-refractivity contribution in [2.75, 3.05) is 42.9 Å². The number of ether oxygens (including phenoxy) is 2. The van der Waals surface area contributed by atoms with Gasteiger partial charge in [-0.05, 0) is 29.3 Å². The van der Waals surface area contributed by atoms with E-state index in [1.807, 2.05) is 36.4 Å². The molecule has 3 heterocycles. The fourth-order valence-electron chi connectivity index (χ4n) is 5.13. The zero-order valence-corrected chi connectivity index (χ0v) is 24.8. The molecule has 0 spiro atoms. The van der Waals surface area contributed by atoms with Crippen molar-refractivity contribution in [2.45, 2.75) is 35.8 Å². The summed E-state index contributed by atoms with van der Waals surface area (Å²) in [5.41, 5.74) is 3.02. The van der Waals surface area contributed by atoms with E-state index in [4.69, 9.17) is 44.3 Å². The first-order chi connectivity index (χ1) is 19.7. The first-order valence-electron chi connectivity index (χ1n) is 13.4. The van der Waals surface area contributed by atoms with Crippen LogP contribution in [0.5, 0.6) is 0 Å². The number of amides is 1. The van der Waals surface area contributed by atoms with Gasteiger partial charge in [-0.2, -0.15) is 0 Å². The number of rotatable bonds is 7. The highest BCUT2D eigenvalue weighted by molar-refractivity contribution is 6.76. The average Bonchev–Trinajstić information content (AvgIpc) is 2.99. The molecule has 1 amide bonds. The second-order valence-corrected chi connectivity index (χ2v) is 12.5. The number of hydrogen-bond acceptors (Lipinski definition) is 8. The second kappa shape index (κ2) is 13.2. The minimum Gasteiger partial charge on any atom is -0.392 e. The molecule has 0 bridgehead atoms. The summed E-state index contributed by atoms with van der Waals surface area (Å²) in [7, 11) is 0. The second-order valence-electron chi connectivity index (χ2n) is 10.2. The van der Waals surface area contributed by atoms with Crippen molar-refractivity contribution in [3.8, 4) is 0 Å². The van der Waals surface area contributed by atoms with Gasteiger partial charge in [0.15, 0.2) is 6.29 Å². The Morgan fingerprint density at radius 3 is 2.37 bits per heavy atom. The lowest BCUT2D eigenvalue weighted by Crippen LogP contribution is -2.51. The zero-order chi connectivity index (χ0) is 29.0. The molecule has 9 nitrogen and oxygen atoms in total. The maximum atomic E-state index is 12.2. The normalized spacial score (nSPS) is 23.8. The van der Waals surface area contributed by atoms with E-state index < -0.39 is 16.0 Å². The maximum Gasteiger partial charge on any atom is 0.276 e. The van der Waals surface area contributed by atoms with Gasteiger partial charge < -0.3 is 24.8 Å². The van der Waals surface area contributed by atoms with Gasteiger partial charge in [0, 0.05) is 62.3 Å². The molecule has 0 saturated carbocycles. The molecule has 1 aromatic heterocycles. The highest BCUT2D eigenvalue weighted by Crippen LogP contribution is 2.42. The number of aromatic nitrogens is 2. The molecule has 5 rings (SSSR count). The summed E-state index contributed by atoms with van der Waals surface area (Å²) in [6, 6.07) is 16.7. The molecular formula is C29H32Cl3N5O4. The van der Waals surface area contributed by atoms with Crippen molar-refractivity contribution < 1.29 is 19.4 Å². The lowest BCUT2D eigenvalue weighted by Gasteiger charge is -2.44. The van der Waals surface area contributed by atoms with E-state index in [1.54, 1.807) is 30.6 Å². The van der Waals surface area contributed by atoms with E-state index in [0.29, 0.717) is 5.69 Å². The van der Waals surface area contributed by atoms with Crippen molar-refractivity contribution in [3.63, 3.8) is 0 Å². The fraction of sp³-hybridized carbons (Fsp3) is 0.414. The van der Waals surface area contributed by atoms with Crippen molar-refractivity contribution in [1.82, 2.24) is 14.9 Å². The Bertz CT molecular complexity index is 1300. The first-order valence-corrected chi connectivity index (χ1v) is 14.6. The first kappa shape index (κ1) is 30.0. The van der Waals surface area contributed by atoms with Crippen LogP contribution in [0.2, 0.25) is 0 Å². The lowest BCUT2D eigenvalue weighted by molar-refractivity contribution is -0.276. The van der Waals surface area contributed by atoms with E-state index >= 15 is 0 Å². The number of nitrogens with one attached hydrogen (secondary N) is 1. The largest absolute Gasteiger partial charge is 0.392 e. The third-order valence-corrected chi connectivity index (χ3v) is 7.96. The summed E-state index contributed by atoms with van der Waals surface area (Å²) in [6.45, 7) is 6.18. The van der Waals surface area contributed by atoms with E-state index in [-0.39, 0.29) is 24.7 Å². The van der Waals surface area contributed by atoms with Gasteiger partial charge in [0.1, 0.15) is 0 Å². The summed E-state index contributed by atoms with van der Waals surface area (Å²) in [5, 5.41) is 12.1. The van der Waals surface area contributed by atoms with Crippen molar-refractivity contribution in [1.29, 1.82) is 0 Å². The number of benzene rings is 2. The number of nitrogens with zero attached hydrogens (tertiary/aromatic N) is 4. The van der Waals surface area contributed by atoms with Gasteiger partial charge in [-0.1, -0.05) is 78.1 Å². The highest BCUT2D eigenvalue weighted by atomic mass is 35.6. The molecule has 2 saturated heterocycles. The number of halogens is 3. The van der Waals surface area contributed by atoms with Crippen LogP contribution < -0.4 is 10.2 Å². The van der Waals surface area contributed by atoms with Crippen LogP contribution in [-0.2, 0) is 20.9 Å². The average molecular weight is 621 g/mol. The molecular weight excluding hydrogens is 589 g/mol. The molecule has 0 radical (unpaired) electrons. The van der Waals surface area contributed by atoms with Crippen LogP contribution in [0.4, 0.5) is 11.6 Å². The summed E-state index contributed by atoms with van der Waals surface area (Å²) >= 11 is 17.2. The van der Waals surface area contributed by atoms with Crippen LogP contribution in [0.3, 0.4) is 0 Å². The van der Waals surface area contributed by atoms with E-state index in [2.05, 4.69) is 32.0 Å². The molecule has 2 N–H and O–H groups in total. The molecule has 4 atom stereocenters. The molecule has 0 unspecified atom stereocenters.